The van der Waals surface area contributed by atoms with Gasteiger partial charge in [0.2, 0.25) is 11.7 Å². The molecular formula is C20H17F3N4O3. The number of carboxylic acid groups (broad SMARTS) is 1. The zero-order valence-corrected chi connectivity index (χ0v) is 15.8. The maximum atomic E-state index is 12.7. The van der Waals surface area contributed by atoms with Crippen molar-refractivity contribution in [3.05, 3.63) is 47.9 Å². The van der Waals surface area contributed by atoms with Crippen molar-refractivity contribution in [1.82, 2.24) is 20.2 Å². The first-order chi connectivity index (χ1) is 14.1. The molecule has 0 aliphatic carbocycles. The molecule has 1 aromatic carbocycles. The molecule has 7 nitrogen and oxygen atoms in total. The predicted octanol–water partition coefficient (Wildman–Crippen LogP) is 2.77. The first kappa shape index (κ1) is 21.1. The Morgan fingerprint density at radius 1 is 1.30 bits per heavy atom. The van der Waals surface area contributed by atoms with Gasteiger partial charge in [0.1, 0.15) is 5.54 Å². The van der Waals surface area contributed by atoms with E-state index < -0.39 is 23.4 Å². The van der Waals surface area contributed by atoms with E-state index in [0.29, 0.717) is 17.8 Å². The van der Waals surface area contributed by atoms with Crippen molar-refractivity contribution in [3.63, 3.8) is 0 Å². The third kappa shape index (κ3) is 4.51. The fourth-order valence-electron chi connectivity index (χ4n) is 3.15. The van der Waals surface area contributed by atoms with Crippen molar-refractivity contribution in [2.75, 3.05) is 13.6 Å². The molecule has 2 heterocycles. The largest absolute Gasteiger partial charge is 0.465 e. The number of likely N-dealkylation sites (tertiary alicyclic amines) is 1. The van der Waals surface area contributed by atoms with Crippen LogP contribution in [0.1, 0.15) is 24.2 Å². The number of halogens is 3. The van der Waals surface area contributed by atoms with Crippen LogP contribution in [-0.2, 0) is 11.0 Å². The zero-order valence-electron chi connectivity index (χ0n) is 15.8. The second-order valence-corrected chi connectivity index (χ2v) is 6.81. The quantitative estimate of drug-likeness (QED) is 0.748. The van der Waals surface area contributed by atoms with Crippen LogP contribution >= 0.6 is 0 Å². The normalized spacial score (nSPS) is 18.7. The van der Waals surface area contributed by atoms with Gasteiger partial charge in [-0.25, -0.2) is 14.8 Å². The molecule has 0 bridgehead atoms. The highest BCUT2D eigenvalue weighted by Crippen LogP contribution is 2.30. The van der Waals surface area contributed by atoms with Crippen LogP contribution in [0.25, 0.3) is 11.3 Å². The van der Waals surface area contributed by atoms with Gasteiger partial charge < -0.3 is 15.3 Å². The van der Waals surface area contributed by atoms with E-state index in [2.05, 4.69) is 27.1 Å². The van der Waals surface area contributed by atoms with Crippen LogP contribution < -0.4 is 5.32 Å². The van der Waals surface area contributed by atoms with Gasteiger partial charge >= 0.3 is 12.3 Å². The highest BCUT2D eigenvalue weighted by Gasteiger charge is 2.46. The van der Waals surface area contributed by atoms with Gasteiger partial charge in [-0.1, -0.05) is 18.1 Å². The highest BCUT2D eigenvalue weighted by molar-refractivity contribution is 5.91. The number of hydrogen-bond donors (Lipinski definition) is 2. The summed E-state index contributed by atoms with van der Waals surface area (Å²) in [5, 5.41) is 11.3. The molecule has 30 heavy (non-hydrogen) atoms. The molecule has 0 unspecified atom stereocenters. The molecule has 1 aliphatic rings. The average molecular weight is 418 g/mol. The Labute approximate surface area is 169 Å². The molecule has 0 spiro atoms. The van der Waals surface area contributed by atoms with Crippen LogP contribution in [-0.4, -0.2) is 51.1 Å². The summed E-state index contributed by atoms with van der Waals surface area (Å²) < 4.78 is 38.1. The Morgan fingerprint density at radius 2 is 2.00 bits per heavy atom. The number of rotatable bonds is 3. The summed E-state index contributed by atoms with van der Waals surface area (Å²) >= 11 is 0. The van der Waals surface area contributed by atoms with E-state index in [9.17, 15) is 22.8 Å². The fraction of sp³-hybridized carbons (Fsp3) is 0.300. The van der Waals surface area contributed by atoms with E-state index in [1.54, 1.807) is 7.05 Å². The molecule has 1 saturated heterocycles. The maximum Gasteiger partial charge on any atom is 0.416 e. The summed E-state index contributed by atoms with van der Waals surface area (Å²) in [6.07, 6.45) is -4.09. The van der Waals surface area contributed by atoms with Gasteiger partial charge in [-0.15, -0.1) is 0 Å². The van der Waals surface area contributed by atoms with E-state index >= 15 is 0 Å². The molecule has 2 aromatic rings. The van der Waals surface area contributed by atoms with Crippen LogP contribution in [0.4, 0.5) is 18.0 Å². The Balaban J connectivity index is 1.80. The minimum atomic E-state index is -4.42. The Bertz CT molecular complexity index is 1030. The summed E-state index contributed by atoms with van der Waals surface area (Å²) in [6, 6.07) is 6.08. The summed E-state index contributed by atoms with van der Waals surface area (Å²) in [7, 11) is 1.58. The van der Waals surface area contributed by atoms with Crippen molar-refractivity contribution >= 4 is 12.0 Å². The molecule has 0 radical (unpaired) electrons. The smallest absolute Gasteiger partial charge is 0.416 e. The lowest BCUT2D eigenvalue weighted by Gasteiger charge is -2.24. The lowest BCUT2D eigenvalue weighted by atomic mass is 9.93. The monoisotopic (exact) mass is 418 g/mol. The van der Waals surface area contributed by atoms with Gasteiger partial charge in [0.25, 0.3) is 0 Å². The fourth-order valence-corrected chi connectivity index (χ4v) is 3.15. The third-order valence-corrected chi connectivity index (χ3v) is 4.73. The highest BCUT2D eigenvalue weighted by atomic mass is 19.4. The van der Waals surface area contributed by atoms with Gasteiger partial charge in [-0.05, 0) is 30.5 Å². The number of benzene rings is 1. The first-order valence-electron chi connectivity index (χ1n) is 8.87. The summed E-state index contributed by atoms with van der Waals surface area (Å²) in [6.45, 7) is 0.403. The number of likely N-dealkylation sites (N-methyl/N-ethyl adjacent to an activating group) is 1. The number of carbonyl (C=O) groups is 2. The van der Waals surface area contributed by atoms with Crippen molar-refractivity contribution in [2.24, 2.45) is 0 Å². The van der Waals surface area contributed by atoms with Gasteiger partial charge in [-0.2, -0.15) is 13.2 Å². The number of aromatic nitrogens is 2. The lowest BCUT2D eigenvalue weighted by molar-refractivity contribution is -0.137. The molecule has 2 amide bonds. The van der Waals surface area contributed by atoms with Crippen LogP contribution in [0.2, 0.25) is 0 Å². The van der Waals surface area contributed by atoms with E-state index in [1.165, 1.54) is 29.3 Å². The number of nitrogens with zero attached hydrogens (tertiary/aromatic N) is 3. The predicted molar refractivity (Wildman–Crippen MR) is 100 cm³/mol. The third-order valence-electron chi connectivity index (χ3n) is 4.73. The summed E-state index contributed by atoms with van der Waals surface area (Å²) in [5.41, 5.74) is -1.23. The van der Waals surface area contributed by atoms with Crippen molar-refractivity contribution in [2.45, 2.75) is 24.6 Å². The molecule has 2 N–H and O–H groups in total. The molecule has 156 valence electrons. The molecule has 0 saturated carbocycles. The topological polar surface area (TPSA) is 95.4 Å². The first-order valence-corrected chi connectivity index (χ1v) is 8.87. The van der Waals surface area contributed by atoms with Crippen LogP contribution in [0, 0.1) is 11.8 Å². The number of carbonyl (C=O) groups excluding carboxylic acids is 1. The Kier molecular flexibility index (Phi) is 5.64. The second-order valence-electron chi connectivity index (χ2n) is 6.81. The molecular weight excluding hydrogens is 401 g/mol. The SMILES string of the molecule is CN1CC[C@](CC#Cc2nccc(-c3ccc(C(F)(F)F)cc3)n2)(NC(=O)O)C1=O. The number of hydrogen-bond acceptors (Lipinski definition) is 4. The van der Waals surface area contributed by atoms with E-state index in [1.807, 2.05) is 0 Å². The number of amides is 2. The number of nitrogens with one attached hydrogen (secondary N) is 1. The standard InChI is InChI=1S/C20H17F3N4O3/c1-27-12-10-19(17(27)28,26-18(29)30)9-2-3-16-24-11-8-15(25-16)13-4-6-14(7-5-13)20(21,22)23/h4-8,11,26H,9-10,12H2,1H3,(H,29,30)/t19-/m0/s1. The minimum Gasteiger partial charge on any atom is -0.465 e. The van der Waals surface area contributed by atoms with Crippen LogP contribution in [0.15, 0.2) is 36.5 Å². The van der Waals surface area contributed by atoms with E-state index in [0.717, 1.165) is 12.1 Å². The molecule has 1 aromatic heterocycles. The van der Waals surface area contributed by atoms with Crippen molar-refractivity contribution in [3.8, 4) is 23.1 Å². The Morgan fingerprint density at radius 3 is 2.57 bits per heavy atom. The van der Waals surface area contributed by atoms with E-state index in [-0.39, 0.29) is 24.6 Å². The lowest BCUT2D eigenvalue weighted by Crippen LogP contribution is -2.53. The molecule has 10 heteroatoms. The maximum absolute atomic E-state index is 12.7. The average Bonchev–Trinajstić information content (AvgIpc) is 2.96. The van der Waals surface area contributed by atoms with Crippen molar-refractivity contribution < 1.29 is 27.9 Å². The van der Waals surface area contributed by atoms with Gasteiger partial charge in [-0.3, -0.25) is 4.79 Å². The van der Waals surface area contributed by atoms with Gasteiger partial charge in [0.05, 0.1) is 11.3 Å². The second kappa shape index (κ2) is 8.02. The zero-order chi connectivity index (χ0) is 21.9. The molecule has 1 atom stereocenters. The van der Waals surface area contributed by atoms with Gasteiger partial charge in [0.15, 0.2) is 0 Å². The molecule has 3 rings (SSSR count). The Hall–Kier alpha value is -3.61. The van der Waals surface area contributed by atoms with Crippen LogP contribution in [0.5, 0.6) is 0 Å². The summed E-state index contributed by atoms with van der Waals surface area (Å²) in [4.78, 5) is 33.1. The molecule has 1 fully saturated rings. The van der Waals surface area contributed by atoms with E-state index in [4.69, 9.17) is 5.11 Å². The molecule has 1 aliphatic heterocycles. The summed E-state index contributed by atoms with van der Waals surface area (Å²) in [5.74, 6) is 5.19. The van der Waals surface area contributed by atoms with Gasteiger partial charge in [0, 0.05) is 31.8 Å². The van der Waals surface area contributed by atoms with Crippen molar-refractivity contribution in [1.29, 1.82) is 0 Å². The van der Waals surface area contributed by atoms with Crippen LogP contribution in [0.3, 0.4) is 0 Å². The minimum absolute atomic E-state index is 0.0592. The number of alkyl halides is 3.